The number of benzene rings is 2. The van der Waals surface area contributed by atoms with E-state index in [4.69, 9.17) is 8.83 Å². The Kier molecular flexibility index (Phi) is 5.32. The van der Waals surface area contributed by atoms with Gasteiger partial charge < -0.3 is 13.7 Å². The normalized spacial score (nSPS) is 14.4. The molecule has 6 nitrogen and oxygen atoms in total. The first-order valence-corrected chi connectivity index (χ1v) is 10.9. The van der Waals surface area contributed by atoms with E-state index in [2.05, 4.69) is 0 Å². The summed E-state index contributed by atoms with van der Waals surface area (Å²) in [5, 5.41) is 1.59. The maximum atomic E-state index is 13.3. The van der Waals surface area contributed by atoms with Gasteiger partial charge in [0.05, 0.1) is 6.26 Å². The number of carbonyl (C=O) groups excluding carboxylic acids is 2. The summed E-state index contributed by atoms with van der Waals surface area (Å²) in [6.45, 7) is 2.73. The molecule has 0 atom stereocenters. The molecule has 0 aliphatic carbocycles. The molecule has 168 valence electrons. The molecule has 0 unspecified atom stereocenters. The van der Waals surface area contributed by atoms with Gasteiger partial charge in [-0.1, -0.05) is 12.1 Å². The van der Waals surface area contributed by atoms with Crippen LogP contribution < -0.4 is 5.63 Å². The number of hydrogen-bond donors (Lipinski definition) is 0. The molecule has 1 aliphatic heterocycles. The summed E-state index contributed by atoms with van der Waals surface area (Å²) in [5.74, 6) is -0.203. The van der Waals surface area contributed by atoms with Crippen molar-refractivity contribution >= 4 is 33.6 Å². The zero-order chi connectivity index (χ0) is 23.1. The van der Waals surface area contributed by atoms with Crippen LogP contribution in [0.4, 0.5) is 4.39 Å². The first kappa shape index (κ1) is 21.1. The number of carbonyl (C=O) groups is 2. The molecule has 7 heteroatoms. The zero-order valence-corrected chi connectivity index (χ0v) is 18.2. The zero-order valence-electron chi connectivity index (χ0n) is 18.2. The lowest BCUT2D eigenvalue weighted by molar-refractivity contribution is -0.134. The van der Waals surface area contributed by atoms with Gasteiger partial charge in [0, 0.05) is 60.3 Å². The highest BCUT2D eigenvalue weighted by Crippen LogP contribution is 2.34. The first-order chi connectivity index (χ1) is 15.9. The van der Waals surface area contributed by atoms with E-state index in [9.17, 15) is 18.8 Å². The van der Waals surface area contributed by atoms with Gasteiger partial charge in [-0.25, -0.2) is 9.18 Å². The topological polar surface area (TPSA) is 80.7 Å². The minimum Gasteiger partial charge on any atom is -0.464 e. The van der Waals surface area contributed by atoms with Crippen LogP contribution in [0.2, 0.25) is 0 Å². The Morgan fingerprint density at radius 1 is 1.03 bits per heavy atom. The molecular weight excluding hydrogens is 425 g/mol. The van der Waals surface area contributed by atoms with Crippen molar-refractivity contribution in [2.75, 3.05) is 13.1 Å². The van der Waals surface area contributed by atoms with E-state index in [1.807, 2.05) is 13.0 Å². The molecule has 1 aliphatic rings. The van der Waals surface area contributed by atoms with Crippen LogP contribution in [-0.2, 0) is 16.0 Å². The number of likely N-dealkylation sites (tertiary alicyclic amines) is 1. The number of nitrogens with zero attached hydrogens (tertiary/aromatic N) is 1. The molecule has 2 aromatic heterocycles. The van der Waals surface area contributed by atoms with Gasteiger partial charge in [-0.15, -0.1) is 0 Å². The number of ketones is 1. The third kappa shape index (κ3) is 3.95. The van der Waals surface area contributed by atoms with Gasteiger partial charge in [0.25, 0.3) is 0 Å². The molecule has 1 amide bonds. The van der Waals surface area contributed by atoms with Gasteiger partial charge in [-0.3, -0.25) is 9.59 Å². The molecule has 1 fully saturated rings. The van der Waals surface area contributed by atoms with Crippen LogP contribution in [0.15, 0.2) is 56.3 Å². The van der Waals surface area contributed by atoms with E-state index in [1.54, 1.807) is 29.4 Å². The number of Topliss-reactive ketones (excluding diaryl/α,β-unsaturated/α-hetero) is 1. The Morgan fingerprint density at radius 2 is 1.76 bits per heavy atom. The van der Waals surface area contributed by atoms with Crippen LogP contribution >= 0.6 is 0 Å². The summed E-state index contributed by atoms with van der Waals surface area (Å²) in [6.07, 6.45) is 2.83. The average Bonchev–Trinajstić information content (AvgIpc) is 3.21. The summed E-state index contributed by atoms with van der Waals surface area (Å²) in [6, 6.07) is 9.76. The van der Waals surface area contributed by atoms with Crippen molar-refractivity contribution < 1.29 is 22.8 Å². The average molecular weight is 447 g/mol. The molecule has 0 spiro atoms. The first-order valence-electron chi connectivity index (χ1n) is 10.9. The van der Waals surface area contributed by atoms with E-state index < -0.39 is 5.63 Å². The van der Waals surface area contributed by atoms with Crippen molar-refractivity contribution in [1.29, 1.82) is 0 Å². The number of halogens is 1. The maximum Gasteiger partial charge on any atom is 0.339 e. The Hall–Kier alpha value is -3.74. The largest absolute Gasteiger partial charge is 0.464 e. The molecule has 3 heterocycles. The molecule has 5 rings (SSSR count). The van der Waals surface area contributed by atoms with Gasteiger partial charge in [0.15, 0.2) is 0 Å². The fourth-order valence-electron chi connectivity index (χ4n) is 4.45. The van der Waals surface area contributed by atoms with Crippen molar-refractivity contribution in [1.82, 2.24) is 4.90 Å². The highest BCUT2D eigenvalue weighted by molar-refractivity contribution is 6.02. The lowest BCUT2D eigenvalue weighted by Gasteiger charge is -2.26. The lowest BCUT2D eigenvalue weighted by Crippen LogP contribution is -2.38. The SMILES string of the molecule is Cc1c(CCC(=O)N2CCC(=O)CC2)c(=O)oc2cc3occ(-c4ccc(F)cc4)c3cc12. The minimum absolute atomic E-state index is 0.0646. The van der Waals surface area contributed by atoms with Gasteiger partial charge >= 0.3 is 5.63 Å². The number of hydrogen-bond acceptors (Lipinski definition) is 5. The molecule has 1 saturated heterocycles. The highest BCUT2D eigenvalue weighted by atomic mass is 19.1. The second kappa shape index (κ2) is 8.31. The van der Waals surface area contributed by atoms with Crippen molar-refractivity contribution in [2.24, 2.45) is 0 Å². The van der Waals surface area contributed by atoms with Crippen LogP contribution in [0.3, 0.4) is 0 Å². The number of piperidine rings is 1. The van der Waals surface area contributed by atoms with Gasteiger partial charge in [-0.05, 0) is 42.7 Å². The predicted octanol–water partition coefficient (Wildman–Crippen LogP) is 4.78. The standard InChI is InChI=1S/C26H22FNO5/c1-15-19(6-7-25(30)28-10-8-18(29)9-11-28)26(31)33-24-13-23-21(12-20(15)24)22(14-32-23)16-2-4-17(27)5-3-16/h2-5,12-14H,6-11H2,1H3. The monoisotopic (exact) mass is 447 g/mol. The van der Waals surface area contributed by atoms with Crippen molar-refractivity contribution in [2.45, 2.75) is 32.6 Å². The van der Waals surface area contributed by atoms with E-state index in [-0.39, 0.29) is 30.3 Å². The van der Waals surface area contributed by atoms with E-state index in [0.717, 1.165) is 27.5 Å². The molecule has 2 aromatic carbocycles. The van der Waals surface area contributed by atoms with Crippen LogP contribution in [0, 0.1) is 12.7 Å². The Labute approximate surface area is 188 Å². The van der Waals surface area contributed by atoms with Crippen LogP contribution in [-0.4, -0.2) is 29.7 Å². The maximum absolute atomic E-state index is 13.3. The van der Waals surface area contributed by atoms with Gasteiger partial charge in [0.2, 0.25) is 5.91 Å². The minimum atomic E-state index is -0.466. The fraction of sp³-hybridized carbons (Fsp3) is 0.269. The third-order valence-electron chi connectivity index (χ3n) is 6.40. The van der Waals surface area contributed by atoms with Crippen LogP contribution in [0.1, 0.15) is 30.4 Å². The van der Waals surface area contributed by atoms with E-state index in [1.165, 1.54) is 12.1 Å². The highest BCUT2D eigenvalue weighted by Gasteiger charge is 2.22. The van der Waals surface area contributed by atoms with E-state index >= 15 is 0 Å². The molecule has 4 aromatic rings. The van der Waals surface area contributed by atoms with Crippen molar-refractivity contribution in [3.8, 4) is 11.1 Å². The number of amides is 1. The van der Waals surface area contributed by atoms with Crippen molar-refractivity contribution in [3.05, 3.63) is 70.0 Å². The molecule has 0 radical (unpaired) electrons. The number of rotatable bonds is 4. The molecule has 0 N–H and O–H groups in total. The Bertz CT molecular complexity index is 1440. The third-order valence-corrected chi connectivity index (χ3v) is 6.40. The summed E-state index contributed by atoms with van der Waals surface area (Å²) >= 11 is 0. The lowest BCUT2D eigenvalue weighted by atomic mass is 9.98. The smallest absolute Gasteiger partial charge is 0.339 e. The van der Waals surface area contributed by atoms with Crippen LogP contribution in [0.25, 0.3) is 33.1 Å². The fourth-order valence-corrected chi connectivity index (χ4v) is 4.45. The summed E-state index contributed by atoms with van der Waals surface area (Å²) in [4.78, 5) is 38.3. The molecular formula is C26H22FNO5. The van der Waals surface area contributed by atoms with Gasteiger partial charge in [0.1, 0.15) is 22.8 Å². The molecule has 0 bridgehead atoms. The number of fused-ring (bicyclic) bond motifs is 2. The number of furan rings is 1. The summed E-state index contributed by atoms with van der Waals surface area (Å²) in [5.41, 5.74) is 3.36. The van der Waals surface area contributed by atoms with Crippen molar-refractivity contribution in [3.63, 3.8) is 0 Å². The summed E-state index contributed by atoms with van der Waals surface area (Å²) < 4.78 is 24.6. The second-order valence-corrected chi connectivity index (χ2v) is 8.41. The van der Waals surface area contributed by atoms with E-state index in [0.29, 0.717) is 42.7 Å². The second-order valence-electron chi connectivity index (χ2n) is 8.41. The molecule has 33 heavy (non-hydrogen) atoms. The molecule has 0 saturated carbocycles. The Morgan fingerprint density at radius 3 is 2.48 bits per heavy atom. The summed E-state index contributed by atoms with van der Waals surface area (Å²) in [7, 11) is 0. The predicted molar refractivity (Wildman–Crippen MR) is 122 cm³/mol. The van der Waals surface area contributed by atoms with Crippen LogP contribution in [0.5, 0.6) is 0 Å². The van der Waals surface area contributed by atoms with Gasteiger partial charge in [-0.2, -0.15) is 0 Å². The number of aryl methyl sites for hydroxylation is 1. The quantitative estimate of drug-likeness (QED) is 0.421. The Balaban J connectivity index is 1.48.